The number of aromatic nitrogens is 4. The topological polar surface area (TPSA) is 56.1 Å². The Kier molecular flexibility index (Phi) is 4.90. The molecule has 0 N–H and O–H groups in total. The van der Waals surface area contributed by atoms with Crippen LogP contribution in [0, 0.1) is 5.82 Å². The van der Waals surface area contributed by atoms with Crippen LogP contribution in [0.4, 0.5) is 4.39 Å². The minimum absolute atomic E-state index is 0. The lowest BCUT2D eigenvalue weighted by molar-refractivity contribution is -0.00494. The van der Waals surface area contributed by atoms with E-state index in [0.29, 0.717) is 6.61 Å². The largest absolute Gasteiger partial charge is 0.368 e. The normalized spacial score (nSPS) is 21.4. The third-order valence-electron chi connectivity index (χ3n) is 5.13. The average Bonchev–Trinajstić information content (AvgIpc) is 3.27. The number of pyridine rings is 1. The zero-order valence-electron chi connectivity index (χ0n) is 14.5. The molecule has 1 saturated heterocycles. The van der Waals surface area contributed by atoms with Gasteiger partial charge < -0.3 is 4.74 Å². The van der Waals surface area contributed by atoms with E-state index in [2.05, 4.69) is 20.2 Å². The maximum atomic E-state index is 13.1. The summed E-state index contributed by atoms with van der Waals surface area (Å²) >= 11 is 0. The maximum Gasteiger partial charge on any atom is 0.123 e. The van der Waals surface area contributed by atoms with Gasteiger partial charge in [0.05, 0.1) is 24.4 Å². The van der Waals surface area contributed by atoms with Gasteiger partial charge in [-0.2, -0.15) is 0 Å². The summed E-state index contributed by atoms with van der Waals surface area (Å²) < 4.78 is 21.2. The first-order valence-corrected chi connectivity index (χ1v) is 8.71. The van der Waals surface area contributed by atoms with Gasteiger partial charge in [0.1, 0.15) is 11.5 Å². The molecule has 6 nitrogen and oxygen atoms in total. The predicted octanol–water partition coefficient (Wildman–Crippen LogP) is 2.86. The van der Waals surface area contributed by atoms with Crippen LogP contribution in [0.2, 0.25) is 0 Å². The summed E-state index contributed by atoms with van der Waals surface area (Å²) in [5.41, 5.74) is 3.98. The van der Waals surface area contributed by atoms with Gasteiger partial charge in [0.25, 0.3) is 0 Å². The van der Waals surface area contributed by atoms with E-state index in [1.165, 1.54) is 12.1 Å². The molecular formula is C19H19ClFN5O. The number of rotatable bonds is 3. The highest BCUT2D eigenvalue weighted by Gasteiger charge is 2.40. The van der Waals surface area contributed by atoms with Crippen molar-refractivity contribution in [3.05, 3.63) is 65.9 Å². The molecule has 140 valence electrons. The molecule has 1 fully saturated rings. The Labute approximate surface area is 162 Å². The van der Waals surface area contributed by atoms with Crippen LogP contribution in [0.15, 0.2) is 48.8 Å². The fourth-order valence-corrected chi connectivity index (χ4v) is 3.84. The average molecular weight is 388 g/mol. The third-order valence-corrected chi connectivity index (χ3v) is 5.13. The van der Waals surface area contributed by atoms with Gasteiger partial charge >= 0.3 is 0 Å². The van der Waals surface area contributed by atoms with E-state index in [0.717, 1.165) is 42.1 Å². The number of hydrogen-bond donors (Lipinski definition) is 0. The van der Waals surface area contributed by atoms with E-state index in [-0.39, 0.29) is 30.4 Å². The molecule has 2 atom stereocenters. The molecule has 0 aliphatic carbocycles. The Balaban J connectivity index is 0.00000180. The Morgan fingerprint density at radius 3 is 2.63 bits per heavy atom. The summed E-state index contributed by atoms with van der Waals surface area (Å²) in [6.45, 7) is 2.97. The Hall–Kier alpha value is -2.35. The van der Waals surface area contributed by atoms with Crippen LogP contribution in [-0.2, 0) is 17.9 Å². The summed E-state index contributed by atoms with van der Waals surface area (Å²) in [6.07, 6.45) is 3.62. The second-order valence-electron chi connectivity index (χ2n) is 6.80. The smallest absolute Gasteiger partial charge is 0.123 e. The van der Waals surface area contributed by atoms with E-state index < -0.39 is 0 Å². The van der Waals surface area contributed by atoms with Crippen molar-refractivity contribution in [2.45, 2.75) is 25.3 Å². The maximum absolute atomic E-state index is 13.1. The van der Waals surface area contributed by atoms with E-state index in [1.54, 1.807) is 12.4 Å². The van der Waals surface area contributed by atoms with Crippen LogP contribution in [0.5, 0.6) is 0 Å². The van der Waals surface area contributed by atoms with Crippen molar-refractivity contribution in [3.8, 4) is 11.3 Å². The van der Waals surface area contributed by atoms with Gasteiger partial charge in [-0.1, -0.05) is 17.3 Å². The Morgan fingerprint density at radius 2 is 1.85 bits per heavy atom. The van der Waals surface area contributed by atoms with Gasteiger partial charge in [-0.25, -0.2) is 9.07 Å². The molecule has 2 aliphatic rings. The fraction of sp³-hybridized carbons (Fsp3) is 0.316. The highest BCUT2D eigenvalue weighted by molar-refractivity contribution is 5.85. The molecule has 2 aromatic heterocycles. The fourth-order valence-electron chi connectivity index (χ4n) is 3.84. The van der Waals surface area contributed by atoms with Crippen molar-refractivity contribution in [2.24, 2.45) is 0 Å². The quantitative estimate of drug-likeness (QED) is 0.691. The van der Waals surface area contributed by atoms with Crippen molar-refractivity contribution in [1.29, 1.82) is 0 Å². The molecule has 8 heteroatoms. The van der Waals surface area contributed by atoms with Crippen LogP contribution in [0.3, 0.4) is 0 Å². The Morgan fingerprint density at radius 1 is 1.07 bits per heavy atom. The van der Waals surface area contributed by atoms with Crippen molar-refractivity contribution in [3.63, 3.8) is 0 Å². The minimum Gasteiger partial charge on any atom is -0.368 e. The van der Waals surface area contributed by atoms with Gasteiger partial charge in [-0.15, -0.1) is 17.5 Å². The van der Waals surface area contributed by atoms with Crippen molar-refractivity contribution in [1.82, 2.24) is 24.9 Å². The summed E-state index contributed by atoms with van der Waals surface area (Å²) in [6, 6.07) is 10.7. The van der Waals surface area contributed by atoms with Crippen LogP contribution in [0.1, 0.15) is 17.3 Å². The highest BCUT2D eigenvalue weighted by atomic mass is 35.5. The highest BCUT2D eigenvalue weighted by Crippen LogP contribution is 2.34. The van der Waals surface area contributed by atoms with Gasteiger partial charge in [-0.05, 0) is 29.8 Å². The first kappa shape index (κ1) is 18.0. The van der Waals surface area contributed by atoms with E-state index in [1.807, 2.05) is 28.9 Å². The molecule has 0 spiro atoms. The third kappa shape index (κ3) is 3.34. The van der Waals surface area contributed by atoms with Crippen LogP contribution >= 0.6 is 12.4 Å². The van der Waals surface area contributed by atoms with E-state index in [4.69, 9.17) is 4.74 Å². The number of fused-ring (bicyclic) bond motifs is 3. The first-order chi connectivity index (χ1) is 12.8. The number of benzene rings is 1. The number of hydrogen-bond acceptors (Lipinski definition) is 5. The van der Waals surface area contributed by atoms with E-state index >= 15 is 0 Å². The second-order valence-corrected chi connectivity index (χ2v) is 6.80. The summed E-state index contributed by atoms with van der Waals surface area (Å²) in [5.74, 6) is -0.205. The lowest BCUT2D eigenvalue weighted by Gasteiger charge is -2.26. The molecular weight excluding hydrogens is 369 g/mol. The molecule has 2 unspecified atom stereocenters. The SMILES string of the molecule is Cl.Fc1ccc(CN2CC3OCc4c(-c5ccncc5)nnn4C3C2)cc1. The molecule has 0 radical (unpaired) electrons. The molecule has 4 heterocycles. The van der Waals surface area contributed by atoms with Crippen LogP contribution in [-0.4, -0.2) is 44.1 Å². The van der Waals surface area contributed by atoms with Gasteiger partial charge in [0.15, 0.2) is 0 Å². The van der Waals surface area contributed by atoms with Crippen molar-refractivity contribution < 1.29 is 9.13 Å². The van der Waals surface area contributed by atoms with Gasteiger partial charge in [0, 0.05) is 37.6 Å². The molecule has 0 bridgehead atoms. The number of nitrogens with zero attached hydrogens (tertiary/aromatic N) is 5. The van der Waals surface area contributed by atoms with Crippen LogP contribution in [0.25, 0.3) is 11.3 Å². The summed E-state index contributed by atoms with van der Waals surface area (Å²) in [7, 11) is 0. The molecule has 5 rings (SSSR count). The van der Waals surface area contributed by atoms with Gasteiger partial charge in [0.2, 0.25) is 0 Å². The Bertz CT molecular complexity index is 918. The standard InChI is InChI=1S/C19H18FN5O.ClH/c20-15-3-1-13(2-4-15)9-24-10-16-18(11-24)26-12-17-19(22-23-25(16)17)14-5-7-21-8-6-14;/h1-8,16,18H,9-12H2;1H. The molecule has 2 aliphatic heterocycles. The number of likely N-dealkylation sites (tertiary alicyclic amines) is 1. The number of ether oxygens (including phenoxy) is 1. The van der Waals surface area contributed by atoms with Crippen molar-refractivity contribution in [2.75, 3.05) is 13.1 Å². The monoisotopic (exact) mass is 387 g/mol. The molecule has 27 heavy (non-hydrogen) atoms. The predicted molar refractivity (Wildman–Crippen MR) is 99.8 cm³/mol. The number of halogens is 2. The molecule has 1 aromatic carbocycles. The van der Waals surface area contributed by atoms with Crippen LogP contribution < -0.4 is 0 Å². The molecule has 3 aromatic rings. The summed E-state index contributed by atoms with van der Waals surface area (Å²) in [4.78, 5) is 6.38. The molecule has 0 amide bonds. The zero-order chi connectivity index (χ0) is 17.5. The minimum atomic E-state index is -0.205. The zero-order valence-corrected chi connectivity index (χ0v) is 15.3. The lowest BCUT2D eigenvalue weighted by atomic mass is 10.1. The first-order valence-electron chi connectivity index (χ1n) is 8.71. The summed E-state index contributed by atoms with van der Waals surface area (Å²) in [5, 5.41) is 8.81. The van der Waals surface area contributed by atoms with Gasteiger partial charge in [-0.3, -0.25) is 9.88 Å². The lowest BCUT2D eigenvalue weighted by Crippen LogP contribution is -2.32. The van der Waals surface area contributed by atoms with Crippen molar-refractivity contribution >= 4 is 12.4 Å². The van der Waals surface area contributed by atoms with E-state index in [9.17, 15) is 4.39 Å². The second kappa shape index (κ2) is 7.34. The molecule has 0 saturated carbocycles.